The van der Waals surface area contributed by atoms with Gasteiger partial charge in [-0.05, 0) is 19.3 Å². The Morgan fingerprint density at radius 2 is 1.76 bits per heavy atom. The molecule has 2 atom stereocenters. The van der Waals surface area contributed by atoms with Gasteiger partial charge in [0.25, 0.3) is 0 Å². The van der Waals surface area contributed by atoms with E-state index < -0.39 is 12.0 Å². The average molecular weight is 297 g/mol. The minimum absolute atomic E-state index is 0.0332. The molecule has 0 saturated carbocycles. The third kappa shape index (κ3) is 6.06. The Balaban J connectivity index is 2.20. The molecule has 1 N–H and O–H groups in total. The van der Waals surface area contributed by atoms with E-state index in [2.05, 4.69) is 6.92 Å². The van der Waals surface area contributed by atoms with Crippen molar-refractivity contribution in [2.45, 2.75) is 84.1 Å². The number of amides is 1. The van der Waals surface area contributed by atoms with Crippen LogP contribution in [0.25, 0.3) is 0 Å². The molecule has 0 aliphatic carbocycles. The Morgan fingerprint density at radius 3 is 2.38 bits per heavy atom. The van der Waals surface area contributed by atoms with Crippen LogP contribution in [-0.4, -0.2) is 34.5 Å². The average Bonchev–Trinajstić information content (AvgIpc) is 2.94. The van der Waals surface area contributed by atoms with Crippen molar-refractivity contribution in [1.29, 1.82) is 0 Å². The van der Waals surface area contributed by atoms with Gasteiger partial charge < -0.3 is 10.0 Å². The molecule has 1 aliphatic rings. The highest BCUT2D eigenvalue weighted by atomic mass is 16.4. The lowest BCUT2D eigenvalue weighted by atomic mass is 10.00. The van der Waals surface area contributed by atoms with Gasteiger partial charge in [-0.15, -0.1) is 0 Å². The van der Waals surface area contributed by atoms with Gasteiger partial charge in [0, 0.05) is 12.5 Å². The van der Waals surface area contributed by atoms with E-state index in [0.29, 0.717) is 13.0 Å². The van der Waals surface area contributed by atoms with Gasteiger partial charge in [0.1, 0.15) is 6.04 Å². The van der Waals surface area contributed by atoms with Gasteiger partial charge in [-0.3, -0.25) is 4.79 Å². The molecule has 0 spiro atoms. The molecule has 21 heavy (non-hydrogen) atoms. The van der Waals surface area contributed by atoms with Crippen LogP contribution in [0.3, 0.4) is 0 Å². The number of aliphatic carboxylic acids is 1. The summed E-state index contributed by atoms with van der Waals surface area (Å²) in [5, 5.41) is 9.14. The Labute approximate surface area is 128 Å². The molecule has 1 saturated heterocycles. The molecular weight excluding hydrogens is 266 g/mol. The monoisotopic (exact) mass is 297 g/mol. The lowest BCUT2D eigenvalue weighted by Crippen LogP contribution is -2.42. The van der Waals surface area contributed by atoms with Gasteiger partial charge >= 0.3 is 5.97 Å². The van der Waals surface area contributed by atoms with Gasteiger partial charge in [-0.1, -0.05) is 58.8 Å². The molecule has 122 valence electrons. The number of carbonyl (C=O) groups is 2. The highest BCUT2D eigenvalue weighted by Gasteiger charge is 2.35. The van der Waals surface area contributed by atoms with Crippen LogP contribution in [0.15, 0.2) is 0 Å². The summed E-state index contributed by atoms with van der Waals surface area (Å²) in [4.78, 5) is 25.0. The van der Waals surface area contributed by atoms with Gasteiger partial charge in [0.2, 0.25) is 5.91 Å². The highest BCUT2D eigenvalue weighted by molar-refractivity contribution is 5.85. The van der Waals surface area contributed by atoms with Crippen LogP contribution in [0.4, 0.5) is 0 Å². The maximum atomic E-state index is 12.3. The maximum absolute atomic E-state index is 12.3. The second-order valence-electron chi connectivity index (χ2n) is 6.34. The lowest BCUT2D eigenvalue weighted by molar-refractivity contribution is -0.149. The minimum atomic E-state index is -0.857. The first kappa shape index (κ1) is 18.0. The molecule has 4 heteroatoms. The number of rotatable bonds is 10. The number of carboxylic acids is 1. The van der Waals surface area contributed by atoms with Crippen molar-refractivity contribution in [2.75, 3.05) is 6.54 Å². The Hall–Kier alpha value is -1.06. The summed E-state index contributed by atoms with van der Waals surface area (Å²) in [5.41, 5.74) is 0. The van der Waals surface area contributed by atoms with E-state index in [4.69, 9.17) is 5.11 Å². The van der Waals surface area contributed by atoms with E-state index in [1.807, 2.05) is 6.92 Å². The van der Waals surface area contributed by atoms with E-state index in [-0.39, 0.29) is 11.8 Å². The van der Waals surface area contributed by atoms with Crippen LogP contribution in [0.1, 0.15) is 78.1 Å². The zero-order valence-corrected chi connectivity index (χ0v) is 13.6. The van der Waals surface area contributed by atoms with Crippen molar-refractivity contribution in [3.63, 3.8) is 0 Å². The van der Waals surface area contributed by atoms with Crippen molar-refractivity contribution in [1.82, 2.24) is 4.90 Å². The number of carbonyl (C=O) groups excluding carboxylic acids is 1. The largest absolute Gasteiger partial charge is 0.480 e. The van der Waals surface area contributed by atoms with Gasteiger partial charge in [-0.2, -0.15) is 0 Å². The van der Waals surface area contributed by atoms with Crippen molar-refractivity contribution < 1.29 is 14.7 Å². The predicted molar refractivity (Wildman–Crippen MR) is 84.1 cm³/mol. The summed E-state index contributed by atoms with van der Waals surface area (Å²) in [6, 6.07) is -0.589. The van der Waals surface area contributed by atoms with E-state index in [9.17, 15) is 9.59 Å². The van der Waals surface area contributed by atoms with Gasteiger partial charge in [0.05, 0.1) is 0 Å². The molecule has 1 fully saturated rings. The molecule has 0 aromatic heterocycles. The summed E-state index contributed by atoms with van der Waals surface area (Å²) in [5.74, 6) is -0.865. The highest BCUT2D eigenvalue weighted by Crippen LogP contribution is 2.22. The number of carboxylic acid groups (broad SMARTS) is 1. The molecule has 1 heterocycles. The second kappa shape index (κ2) is 9.80. The van der Waals surface area contributed by atoms with E-state index >= 15 is 0 Å². The minimum Gasteiger partial charge on any atom is -0.480 e. The van der Waals surface area contributed by atoms with Crippen LogP contribution < -0.4 is 0 Å². The molecular formula is C17H31NO3. The molecule has 1 rings (SSSR count). The van der Waals surface area contributed by atoms with Crippen molar-refractivity contribution in [3.8, 4) is 0 Å². The van der Waals surface area contributed by atoms with Gasteiger partial charge in [-0.25, -0.2) is 4.79 Å². The Bertz CT molecular complexity index is 330. The summed E-state index contributed by atoms with van der Waals surface area (Å²) in [7, 11) is 0. The summed E-state index contributed by atoms with van der Waals surface area (Å²) < 4.78 is 0. The molecule has 0 bridgehead atoms. The number of hydrogen-bond donors (Lipinski definition) is 1. The fourth-order valence-corrected chi connectivity index (χ4v) is 3.10. The number of nitrogens with zero attached hydrogens (tertiary/aromatic N) is 1. The van der Waals surface area contributed by atoms with Crippen LogP contribution >= 0.6 is 0 Å². The fraction of sp³-hybridized carbons (Fsp3) is 0.882. The first-order chi connectivity index (χ1) is 10.1. The van der Waals surface area contributed by atoms with Crippen LogP contribution in [0, 0.1) is 5.92 Å². The third-order valence-electron chi connectivity index (χ3n) is 4.48. The predicted octanol–water partition coefficient (Wildman–Crippen LogP) is 3.84. The molecule has 0 aromatic rings. The standard InChI is InChI=1S/C17H31NO3/c1-3-4-5-6-7-8-9-11-14(2)16(19)18-13-10-12-15(18)17(20)21/h14-15H,3-13H2,1-2H3,(H,20,21)/t14?,15-/m0/s1. The summed E-state index contributed by atoms with van der Waals surface area (Å²) in [6.07, 6.45) is 11.0. The Morgan fingerprint density at radius 1 is 1.14 bits per heavy atom. The van der Waals surface area contributed by atoms with Crippen LogP contribution in [0.2, 0.25) is 0 Å². The summed E-state index contributed by atoms with van der Waals surface area (Å²) in [6.45, 7) is 4.77. The summed E-state index contributed by atoms with van der Waals surface area (Å²) >= 11 is 0. The molecule has 4 nitrogen and oxygen atoms in total. The zero-order chi connectivity index (χ0) is 15.7. The van der Waals surface area contributed by atoms with Crippen molar-refractivity contribution in [2.24, 2.45) is 5.92 Å². The lowest BCUT2D eigenvalue weighted by Gasteiger charge is -2.24. The first-order valence-corrected chi connectivity index (χ1v) is 8.61. The first-order valence-electron chi connectivity index (χ1n) is 8.61. The molecule has 1 unspecified atom stereocenters. The fourth-order valence-electron chi connectivity index (χ4n) is 3.10. The molecule has 1 amide bonds. The zero-order valence-electron chi connectivity index (χ0n) is 13.6. The second-order valence-corrected chi connectivity index (χ2v) is 6.34. The molecule has 1 aliphatic heterocycles. The van der Waals surface area contributed by atoms with E-state index in [0.717, 1.165) is 19.3 Å². The van der Waals surface area contributed by atoms with Gasteiger partial charge in [0.15, 0.2) is 0 Å². The smallest absolute Gasteiger partial charge is 0.326 e. The normalized spacial score (nSPS) is 19.7. The van der Waals surface area contributed by atoms with Crippen molar-refractivity contribution >= 4 is 11.9 Å². The molecule has 0 aromatic carbocycles. The van der Waals surface area contributed by atoms with E-state index in [1.165, 1.54) is 38.5 Å². The van der Waals surface area contributed by atoms with Crippen LogP contribution in [-0.2, 0) is 9.59 Å². The Kier molecular flexibility index (Phi) is 8.40. The molecule has 0 radical (unpaired) electrons. The quantitative estimate of drug-likeness (QED) is 0.623. The third-order valence-corrected chi connectivity index (χ3v) is 4.48. The topological polar surface area (TPSA) is 57.6 Å². The number of unbranched alkanes of at least 4 members (excludes halogenated alkanes) is 6. The number of likely N-dealkylation sites (tertiary alicyclic amines) is 1. The van der Waals surface area contributed by atoms with Crippen molar-refractivity contribution in [3.05, 3.63) is 0 Å². The van der Waals surface area contributed by atoms with Crippen LogP contribution in [0.5, 0.6) is 0 Å². The van der Waals surface area contributed by atoms with E-state index in [1.54, 1.807) is 4.90 Å². The SMILES string of the molecule is CCCCCCCCCC(C)C(=O)N1CCC[C@H]1C(=O)O. The number of hydrogen-bond acceptors (Lipinski definition) is 2. The maximum Gasteiger partial charge on any atom is 0.326 e.